The van der Waals surface area contributed by atoms with Crippen LogP contribution < -0.4 is 10.0 Å². The highest BCUT2D eigenvalue weighted by molar-refractivity contribution is 9.10. The minimum atomic E-state index is -1.13. The van der Waals surface area contributed by atoms with Gasteiger partial charge in [-0.2, -0.15) is 0 Å². The number of hydrogen-bond donors (Lipinski definition) is 3. The molecule has 0 aromatic heterocycles. The lowest BCUT2D eigenvalue weighted by atomic mass is 10.1. The molecule has 0 saturated heterocycles. The third kappa shape index (κ3) is 5.11. The van der Waals surface area contributed by atoms with Crippen LogP contribution in [0.15, 0.2) is 76.1 Å². The van der Waals surface area contributed by atoms with Crippen LogP contribution in [0.4, 0.5) is 15.8 Å². The summed E-state index contributed by atoms with van der Waals surface area (Å²) in [6.07, 6.45) is 0. The summed E-state index contributed by atoms with van der Waals surface area (Å²) in [5, 5.41) is 11.9. The van der Waals surface area contributed by atoms with Gasteiger partial charge in [0.05, 0.1) is 11.3 Å². The van der Waals surface area contributed by atoms with Gasteiger partial charge < -0.3 is 15.1 Å². The number of aromatic carboxylic acids is 1. The summed E-state index contributed by atoms with van der Waals surface area (Å²) in [5.41, 5.74) is 1.31. The second-order valence-electron chi connectivity index (χ2n) is 5.69. The van der Waals surface area contributed by atoms with E-state index >= 15 is 0 Å². The Morgan fingerprint density at radius 1 is 1.00 bits per heavy atom. The number of rotatable bonds is 6. The minimum absolute atomic E-state index is 0.00812. The van der Waals surface area contributed by atoms with E-state index in [1.165, 1.54) is 36.2 Å². The van der Waals surface area contributed by atoms with Crippen molar-refractivity contribution in [2.24, 2.45) is 0 Å². The highest BCUT2D eigenvalue weighted by atomic mass is 79.9. The van der Waals surface area contributed by atoms with Crippen LogP contribution in [0.25, 0.3) is 0 Å². The molecule has 0 bridgehead atoms. The van der Waals surface area contributed by atoms with Crippen molar-refractivity contribution < 1.29 is 19.1 Å². The Labute approximate surface area is 173 Å². The lowest BCUT2D eigenvalue weighted by Gasteiger charge is -2.10. The fraction of sp³-hybridized carbons (Fsp3) is 0. The van der Waals surface area contributed by atoms with Crippen molar-refractivity contribution in [1.82, 2.24) is 0 Å². The van der Waals surface area contributed by atoms with Crippen molar-refractivity contribution in [3.63, 3.8) is 0 Å². The van der Waals surface area contributed by atoms with Crippen LogP contribution in [0.1, 0.15) is 20.7 Å². The Morgan fingerprint density at radius 3 is 2.46 bits per heavy atom. The predicted octanol–water partition coefficient (Wildman–Crippen LogP) is 5.66. The van der Waals surface area contributed by atoms with E-state index in [9.17, 15) is 19.1 Å². The topological polar surface area (TPSA) is 78.4 Å². The molecule has 0 spiro atoms. The lowest BCUT2D eigenvalue weighted by molar-refractivity contribution is 0.0698. The molecule has 3 N–H and O–H groups in total. The molecule has 0 fully saturated rings. The molecular formula is C20H14BrFN2O3S. The number of amides is 1. The molecule has 0 unspecified atom stereocenters. The first-order valence-electron chi connectivity index (χ1n) is 8.05. The Morgan fingerprint density at radius 2 is 1.75 bits per heavy atom. The molecule has 3 aromatic rings. The zero-order valence-corrected chi connectivity index (χ0v) is 16.7. The quantitative estimate of drug-likeness (QED) is 0.413. The van der Waals surface area contributed by atoms with Crippen molar-refractivity contribution in [2.45, 2.75) is 4.90 Å². The van der Waals surface area contributed by atoms with Gasteiger partial charge in [0.2, 0.25) is 0 Å². The van der Waals surface area contributed by atoms with E-state index < -0.39 is 11.9 Å². The monoisotopic (exact) mass is 460 g/mol. The molecule has 0 radical (unpaired) electrons. The van der Waals surface area contributed by atoms with Crippen LogP contribution >= 0.6 is 27.9 Å². The molecule has 0 atom stereocenters. The average Bonchev–Trinajstić information content (AvgIpc) is 2.69. The maximum absolute atomic E-state index is 13.0. The molecule has 0 heterocycles. The van der Waals surface area contributed by atoms with Gasteiger partial charge in [-0.3, -0.25) is 4.79 Å². The first-order valence-corrected chi connectivity index (χ1v) is 9.66. The molecule has 0 aliphatic rings. The highest BCUT2D eigenvalue weighted by Gasteiger charge is 2.14. The van der Waals surface area contributed by atoms with Gasteiger partial charge in [-0.05, 0) is 72.6 Å². The first kappa shape index (κ1) is 19.9. The summed E-state index contributed by atoms with van der Waals surface area (Å²) in [6, 6.07) is 17.4. The maximum atomic E-state index is 13.0. The van der Waals surface area contributed by atoms with E-state index in [0.717, 1.165) is 10.6 Å². The molecule has 3 rings (SSSR count). The number of hydrogen-bond acceptors (Lipinski definition) is 4. The number of carbonyl (C=O) groups is 2. The molecule has 8 heteroatoms. The molecular weight excluding hydrogens is 447 g/mol. The third-order valence-corrected chi connectivity index (χ3v) is 5.01. The first-order chi connectivity index (χ1) is 13.4. The van der Waals surface area contributed by atoms with Gasteiger partial charge in [-0.1, -0.05) is 22.0 Å². The molecule has 142 valence electrons. The molecule has 0 aliphatic heterocycles. The van der Waals surface area contributed by atoms with E-state index in [1.54, 1.807) is 36.4 Å². The normalized spacial score (nSPS) is 10.4. The van der Waals surface area contributed by atoms with Gasteiger partial charge in [0.15, 0.2) is 0 Å². The van der Waals surface area contributed by atoms with E-state index in [-0.39, 0.29) is 17.1 Å². The number of benzene rings is 3. The summed E-state index contributed by atoms with van der Waals surface area (Å²) in [5.74, 6) is -1.87. The Bertz CT molecular complexity index is 1030. The van der Waals surface area contributed by atoms with Crippen LogP contribution in [0.2, 0.25) is 0 Å². The summed E-state index contributed by atoms with van der Waals surface area (Å²) >= 11 is 4.49. The minimum Gasteiger partial charge on any atom is -0.478 e. The van der Waals surface area contributed by atoms with Crippen molar-refractivity contribution in [3.05, 3.63) is 88.1 Å². The predicted molar refractivity (Wildman–Crippen MR) is 111 cm³/mol. The van der Waals surface area contributed by atoms with E-state index in [0.29, 0.717) is 10.0 Å². The van der Waals surface area contributed by atoms with E-state index in [2.05, 4.69) is 26.0 Å². The smallest absolute Gasteiger partial charge is 0.337 e. The van der Waals surface area contributed by atoms with Gasteiger partial charge >= 0.3 is 5.97 Å². The Balaban J connectivity index is 1.72. The third-order valence-electron chi connectivity index (χ3n) is 3.69. The maximum Gasteiger partial charge on any atom is 0.337 e. The standard InChI is InChI=1S/C20H14BrFN2O3S/c21-13-4-9-18(17(11-13)20(26)27)23-19(25)12-2-1-3-16(10-12)28-24-15-7-5-14(22)6-8-15/h1-11,24H,(H,23,25)(H,26,27). The largest absolute Gasteiger partial charge is 0.478 e. The number of carboxylic acid groups (broad SMARTS) is 1. The Hall–Kier alpha value is -2.84. The van der Waals surface area contributed by atoms with Gasteiger partial charge in [-0.25, -0.2) is 9.18 Å². The number of halogens is 2. The second-order valence-corrected chi connectivity index (χ2v) is 7.48. The van der Waals surface area contributed by atoms with Crippen molar-refractivity contribution in [2.75, 3.05) is 10.0 Å². The summed E-state index contributed by atoms with van der Waals surface area (Å²) < 4.78 is 16.6. The number of anilines is 2. The molecule has 1 amide bonds. The van der Waals surface area contributed by atoms with Crippen molar-refractivity contribution >= 4 is 51.1 Å². The molecule has 0 aliphatic carbocycles. The zero-order valence-electron chi connectivity index (χ0n) is 14.3. The van der Waals surface area contributed by atoms with Gasteiger partial charge in [-0.15, -0.1) is 0 Å². The number of nitrogens with one attached hydrogen (secondary N) is 2. The molecule has 5 nitrogen and oxygen atoms in total. The second kappa shape index (κ2) is 8.90. The van der Waals surface area contributed by atoms with Gasteiger partial charge in [0.25, 0.3) is 5.91 Å². The van der Waals surface area contributed by atoms with Crippen molar-refractivity contribution in [3.8, 4) is 0 Å². The molecule has 28 heavy (non-hydrogen) atoms. The average molecular weight is 461 g/mol. The van der Waals surface area contributed by atoms with Gasteiger partial charge in [0.1, 0.15) is 5.82 Å². The lowest BCUT2D eigenvalue weighted by Crippen LogP contribution is -2.15. The fourth-order valence-corrected chi connectivity index (χ4v) is 3.40. The number of carboxylic acids is 1. The number of carbonyl (C=O) groups excluding carboxylic acids is 1. The fourth-order valence-electron chi connectivity index (χ4n) is 2.33. The van der Waals surface area contributed by atoms with Gasteiger partial charge in [0, 0.05) is 20.6 Å². The van der Waals surface area contributed by atoms with E-state index in [4.69, 9.17) is 0 Å². The van der Waals surface area contributed by atoms with Crippen LogP contribution in [-0.2, 0) is 0 Å². The molecule has 3 aromatic carbocycles. The Kier molecular flexibility index (Phi) is 6.33. The van der Waals surface area contributed by atoms with Crippen LogP contribution in [0.3, 0.4) is 0 Å². The van der Waals surface area contributed by atoms with E-state index in [1.807, 2.05) is 6.07 Å². The summed E-state index contributed by atoms with van der Waals surface area (Å²) in [7, 11) is 0. The highest BCUT2D eigenvalue weighted by Crippen LogP contribution is 2.24. The van der Waals surface area contributed by atoms with Crippen LogP contribution in [0.5, 0.6) is 0 Å². The zero-order chi connectivity index (χ0) is 20.1. The van der Waals surface area contributed by atoms with Crippen LogP contribution in [0, 0.1) is 5.82 Å². The molecule has 0 saturated carbocycles. The van der Waals surface area contributed by atoms with Crippen molar-refractivity contribution in [1.29, 1.82) is 0 Å². The summed E-state index contributed by atoms with van der Waals surface area (Å²) in [6.45, 7) is 0. The summed E-state index contributed by atoms with van der Waals surface area (Å²) in [4.78, 5) is 24.7. The van der Waals surface area contributed by atoms with Crippen LogP contribution in [-0.4, -0.2) is 17.0 Å². The SMILES string of the molecule is O=C(Nc1ccc(Br)cc1C(=O)O)c1cccc(SNc2ccc(F)cc2)c1.